The van der Waals surface area contributed by atoms with Gasteiger partial charge in [0, 0.05) is 40.8 Å². The molecule has 0 saturated heterocycles. The summed E-state index contributed by atoms with van der Waals surface area (Å²) in [5, 5.41) is 1.02. The largest absolute Gasteiger partial charge is 0.256 e. The highest BCUT2D eigenvalue weighted by Crippen LogP contribution is 2.30. The number of para-hydroxylation sites is 1. The van der Waals surface area contributed by atoms with E-state index in [9.17, 15) is 0 Å². The zero-order chi connectivity index (χ0) is 23.5. The molecular formula is C30H18N4S. The SMILES string of the molecule is C(#Cc1ccnc(-c2ncccc2-c2ccccn2)c1)c1ccc(-c2nc3ccccc3s2)cc1. The van der Waals surface area contributed by atoms with Gasteiger partial charge in [-0.1, -0.05) is 42.2 Å². The van der Waals surface area contributed by atoms with Crippen molar-refractivity contribution in [2.24, 2.45) is 0 Å². The molecule has 4 nitrogen and oxygen atoms in total. The molecule has 2 aromatic carbocycles. The molecule has 0 bridgehead atoms. The molecular weight excluding hydrogens is 448 g/mol. The van der Waals surface area contributed by atoms with Crippen LogP contribution < -0.4 is 0 Å². The number of rotatable bonds is 3. The van der Waals surface area contributed by atoms with Gasteiger partial charge in [-0.3, -0.25) is 15.0 Å². The molecule has 0 aliphatic rings. The van der Waals surface area contributed by atoms with Crippen LogP contribution in [0.5, 0.6) is 0 Å². The molecule has 5 heteroatoms. The lowest BCUT2D eigenvalue weighted by Crippen LogP contribution is -1.93. The molecule has 164 valence electrons. The van der Waals surface area contributed by atoms with Gasteiger partial charge >= 0.3 is 0 Å². The molecule has 0 radical (unpaired) electrons. The Hall–Kier alpha value is -4.66. The highest BCUT2D eigenvalue weighted by Gasteiger charge is 2.11. The van der Waals surface area contributed by atoms with Gasteiger partial charge in [0.05, 0.1) is 27.3 Å². The number of aromatic nitrogens is 4. The average Bonchev–Trinajstić information content (AvgIpc) is 3.37. The zero-order valence-electron chi connectivity index (χ0n) is 18.6. The van der Waals surface area contributed by atoms with E-state index in [1.807, 2.05) is 72.8 Å². The molecule has 0 aliphatic heterocycles. The highest BCUT2D eigenvalue weighted by atomic mass is 32.1. The second-order valence-corrected chi connectivity index (χ2v) is 8.89. The van der Waals surface area contributed by atoms with E-state index in [0.29, 0.717) is 0 Å². The van der Waals surface area contributed by atoms with Gasteiger partial charge in [0.15, 0.2) is 0 Å². The summed E-state index contributed by atoms with van der Waals surface area (Å²) in [7, 11) is 0. The number of thiazole rings is 1. The summed E-state index contributed by atoms with van der Waals surface area (Å²) in [6, 6.07) is 30.1. The summed E-state index contributed by atoms with van der Waals surface area (Å²) in [5.41, 5.74) is 7.31. The van der Waals surface area contributed by atoms with Gasteiger partial charge in [-0.25, -0.2) is 4.98 Å². The van der Waals surface area contributed by atoms with Gasteiger partial charge in [-0.2, -0.15) is 0 Å². The number of pyridine rings is 3. The number of fused-ring (bicyclic) bond motifs is 1. The van der Waals surface area contributed by atoms with E-state index in [1.54, 1.807) is 29.9 Å². The third kappa shape index (κ3) is 4.43. The van der Waals surface area contributed by atoms with Crippen molar-refractivity contribution in [3.63, 3.8) is 0 Å². The smallest absolute Gasteiger partial charge is 0.124 e. The summed E-state index contributed by atoms with van der Waals surface area (Å²) < 4.78 is 1.19. The molecule has 6 rings (SSSR count). The molecule has 0 saturated carbocycles. The van der Waals surface area contributed by atoms with Crippen LogP contribution in [0.1, 0.15) is 11.1 Å². The maximum atomic E-state index is 4.74. The van der Waals surface area contributed by atoms with Crippen LogP contribution in [0.15, 0.2) is 110 Å². The second-order valence-electron chi connectivity index (χ2n) is 7.86. The van der Waals surface area contributed by atoms with E-state index in [-0.39, 0.29) is 0 Å². The van der Waals surface area contributed by atoms with Gasteiger partial charge in [0.1, 0.15) is 5.01 Å². The Morgan fingerprint density at radius 1 is 0.600 bits per heavy atom. The summed E-state index contributed by atoms with van der Waals surface area (Å²) in [6.07, 6.45) is 5.32. The lowest BCUT2D eigenvalue weighted by molar-refractivity contribution is 1.23. The standard InChI is InChI=1S/C30H18N4S/c1-2-9-28-26(8-1)34-30(35-28)23-14-12-21(13-15-23)10-11-22-16-19-32-27(20-22)29-24(6-5-18-33-29)25-7-3-4-17-31-25/h1-9,12-20H. The van der Waals surface area contributed by atoms with Crippen molar-refractivity contribution in [3.8, 4) is 45.1 Å². The van der Waals surface area contributed by atoms with E-state index in [1.165, 1.54) is 4.70 Å². The van der Waals surface area contributed by atoms with Crippen LogP contribution in [0.2, 0.25) is 0 Å². The van der Waals surface area contributed by atoms with E-state index >= 15 is 0 Å². The van der Waals surface area contributed by atoms with Crippen molar-refractivity contribution < 1.29 is 0 Å². The Labute approximate surface area is 207 Å². The zero-order valence-corrected chi connectivity index (χ0v) is 19.4. The maximum Gasteiger partial charge on any atom is 0.124 e. The van der Waals surface area contributed by atoms with Crippen molar-refractivity contribution in [2.45, 2.75) is 0 Å². The second kappa shape index (κ2) is 9.30. The molecule has 0 N–H and O–H groups in total. The van der Waals surface area contributed by atoms with Gasteiger partial charge < -0.3 is 0 Å². The van der Waals surface area contributed by atoms with Crippen LogP contribution in [0.3, 0.4) is 0 Å². The molecule has 0 amide bonds. The van der Waals surface area contributed by atoms with Gasteiger partial charge in [0.2, 0.25) is 0 Å². The normalized spacial score (nSPS) is 10.6. The first-order valence-electron chi connectivity index (χ1n) is 11.1. The van der Waals surface area contributed by atoms with Gasteiger partial charge in [0.25, 0.3) is 0 Å². The molecule has 4 aromatic heterocycles. The lowest BCUT2D eigenvalue weighted by atomic mass is 10.1. The van der Waals surface area contributed by atoms with Crippen molar-refractivity contribution in [1.29, 1.82) is 0 Å². The highest BCUT2D eigenvalue weighted by molar-refractivity contribution is 7.21. The topological polar surface area (TPSA) is 51.6 Å². The fourth-order valence-corrected chi connectivity index (χ4v) is 4.78. The van der Waals surface area contributed by atoms with E-state index < -0.39 is 0 Å². The van der Waals surface area contributed by atoms with Crippen LogP contribution in [-0.2, 0) is 0 Å². The number of nitrogens with zero attached hydrogens (tertiary/aromatic N) is 4. The molecule has 35 heavy (non-hydrogen) atoms. The predicted molar refractivity (Wildman–Crippen MR) is 142 cm³/mol. The van der Waals surface area contributed by atoms with E-state index in [2.05, 4.69) is 45.0 Å². The Morgan fingerprint density at radius 2 is 1.40 bits per heavy atom. The monoisotopic (exact) mass is 466 g/mol. The molecule has 0 atom stereocenters. The fourth-order valence-electron chi connectivity index (χ4n) is 3.81. The number of hydrogen-bond acceptors (Lipinski definition) is 5. The molecule has 0 spiro atoms. The van der Waals surface area contributed by atoms with Crippen molar-refractivity contribution in [1.82, 2.24) is 19.9 Å². The quantitative estimate of drug-likeness (QED) is 0.267. The van der Waals surface area contributed by atoms with E-state index in [0.717, 1.165) is 49.9 Å². The lowest BCUT2D eigenvalue weighted by Gasteiger charge is -2.07. The Bertz CT molecular complexity index is 1660. The summed E-state index contributed by atoms with van der Waals surface area (Å²) >= 11 is 1.70. The van der Waals surface area contributed by atoms with Crippen molar-refractivity contribution >= 4 is 21.6 Å². The van der Waals surface area contributed by atoms with Crippen molar-refractivity contribution in [2.75, 3.05) is 0 Å². The number of benzene rings is 2. The summed E-state index contributed by atoms with van der Waals surface area (Å²) in [4.78, 5) is 18.3. The predicted octanol–water partition coefficient (Wildman–Crippen LogP) is 6.88. The van der Waals surface area contributed by atoms with Gasteiger partial charge in [-0.15, -0.1) is 11.3 Å². The Morgan fingerprint density at radius 3 is 2.26 bits per heavy atom. The minimum absolute atomic E-state index is 0.768. The minimum Gasteiger partial charge on any atom is -0.256 e. The van der Waals surface area contributed by atoms with Crippen LogP contribution in [0.4, 0.5) is 0 Å². The first-order chi connectivity index (χ1) is 17.3. The van der Waals surface area contributed by atoms with E-state index in [4.69, 9.17) is 4.98 Å². The van der Waals surface area contributed by atoms with Crippen LogP contribution in [-0.4, -0.2) is 19.9 Å². The first kappa shape index (κ1) is 20.9. The van der Waals surface area contributed by atoms with Crippen LogP contribution in [0, 0.1) is 11.8 Å². The van der Waals surface area contributed by atoms with Crippen molar-refractivity contribution in [3.05, 3.63) is 121 Å². The first-order valence-corrected chi connectivity index (χ1v) is 12.0. The Kier molecular flexibility index (Phi) is 5.56. The maximum absolute atomic E-state index is 4.74. The summed E-state index contributed by atoms with van der Waals surface area (Å²) in [6.45, 7) is 0. The van der Waals surface area contributed by atoms with Crippen LogP contribution >= 0.6 is 11.3 Å². The Balaban J connectivity index is 1.27. The molecule has 6 aromatic rings. The molecule has 0 aliphatic carbocycles. The third-order valence-corrected chi connectivity index (χ3v) is 6.61. The fraction of sp³-hybridized carbons (Fsp3) is 0. The third-order valence-electron chi connectivity index (χ3n) is 5.53. The van der Waals surface area contributed by atoms with Gasteiger partial charge in [-0.05, 0) is 60.7 Å². The van der Waals surface area contributed by atoms with Crippen LogP contribution in [0.25, 0.3) is 43.4 Å². The average molecular weight is 467 g/mol. The molecule has 0 fully saturated rings. The molecule has 4 heterocycles. The number of hydrogen-bond donors (Lipinski definition) is 0. The molecule has 0 unspecified atom stereocenters. The minimum atomic E-state index is 0.768. The summed E-state index contributed by atoms with van der Waals surface area (Å²) in [5.74, 6) is 6.53.